The molecule has 1 N–H and O–H groups in total. The smallest absolute Gasteiger partial charge is 0.344 e. The molecule has 0 aromatic heterocycles. The summed E-state index contributed by atoms with van der Waals surface area (Å²) in [4.78, 5) is 23.5. The van der Waals surface area contributed by atoms with E-state index >= 15 is 0 Å². The zero-order chi connectivity index (χ0) is 18.2. The lowest BCUT2D eigenvalue weighted by molar-refractivity contribution is -0.150. The summed E-state index contributed by atoms with van der Waals surface area (Å²) >= 11 is 3.36. The number of nitrogens with one attached hydrogen (secondary N) is 1. The number of hydrogen-bond acceptors (Lipinski definition) is 4. The minimum absolute atomic E-state index is 0.178. The van der Waals surface area contributed by atoms with E-state index in [4.69, 9.17) is 9.47 Å². The van der Waals surface area contributed by atoms with E-state index in [1.165, 1.54) is 0 Å². The third-order valence-corrected chi connectivity index (χ3v) is 3.99. The highest BCUT2D eigenvalue weighted by Gasteiger charge is 2.12. The Bertz CT molecular complexity index is 730. The summed E-state index contributed by atoms with van der Waals surface area (Å²) in [7, 11) is 0. The lowest BCUT2D eigenvalue weighted by Crippen LogP contribution is -2.31. The quantitative estimate of drug-likeness (QED) is 0.715. The number of ether oxygens (including phenoxy) is 2. The maximum absolute atomic E-state index is 11.9. The number of halogens is 1. The zero-order valence-corrected chi connectivity index (χ0v) is 15.7. The van der Waals surface area contributed by atoms with Gasteiger partial charge in [0.25, 0.3) is 5.91 Å². The van der Waals surface area contributed by atoms with Gasteiger partial charge in [-0.3, -0.25) is 4.79 Å². The van der Waals surface area contributed by atoms with Gasteiger partial charge >= 0.3 is 5.97 Å². The molecule has 2 aromatic carbocycles. The third-order valence-electron chi connectivity index (χ3n) is 3.46. The highest BCUT2D eigenvalue weighted by atomic mass is 79.9. The summed E-state index contributed by atoms with van der Waals surface area (Å²) in [5, 5.41) is 2.78. The van der Waals surface area contributed by atoms with Crippen LogP contribution in [-0.2, 0) is 14.3 Å². The molecule has 0 heterocycles. The van der Waals surface area contributed by atoms with Gasteiger partial charge < -0.3 is 14.8 Å². The Morgan fingerprint density at radius 2 is 1.84 bits per heavy atom. The molecule has 0 saturated carbocycles. The molecule has 132 valence electrons. The molecule has 0 fully saturated rings. The van der Waals surface area contributed by atoms with E-state index in [0.29, 0.717) is 5.75 Å². The van der Waals surface area contributed by atoms with Gasteiger partial charge in [0.2, 0.25) is 0 Å². The summed E-state index contributed by atoms with van der Waals surface area (Å²) in [6.45, 7) is 3.22. The van der Waals surface area contributed by atoms with Crippen LogP contribution < -0.4 is 10.1 Å². The number of amides is 1. The Morgan fingerprint density at radius 3 is 2.52 bits per heavy atom. The second-order valence-corrected chi connectivity index (χ2v) is 6.52. The molecule has 25 heavy (non-hydrogen) atoms. The van der Waals surface area contributed by atoms with Crippen LogP contribution in [0, 0.1) is 6.92 Å². The van der Waals surface area contributed by atoms with Gasteiger partial charge in [0, 0.05) is 4.47 Å². The fourth-order valence-corrected chi connectivity index (χ4v) is 2.42. The number of esters is 1. The summed E-state index contributed by atoms with van der Waals surface area (Å²) in [5.74, 6) is -0.363. The van der Waals surface area contributed by atoms with Crippen molar-refractivity contribution in [3.8, 4) is 5.75 Å². The number of carbonyl (C=O) groups is 2. The second-order valence-electron chi connectivity index (χ2n) is 5.61. The monoisotopic (exact) mass is 405 g/mol. The van der Waals surface area contributed by atoms with Gasteiger partial charge in [-0.1, -0.05) is 40.2 Å². The highest BCUT2D eigenvalue weighted by molar-refractivity contribution is 9.10. The fraction of sp³-hybridized carbons (Fsp3) is 0.263. The maximum atomic E-state index is 11.9. The molecule has 1 atom stereocenters. The van der Waals surface area contributed by atoms with E-state index in [0.717, 1.165) is 15.6 Å². The Labute approximate surface area is 155 Å². The molecule has 0 radical (unpaired) electrons. The van der Waals surface area contributed by atoms with Crippen LogP contribution in [0.2, 0.25) is 0 Å². The fourth-order valence-electron chi connectivity index (χ4n) is 2.15. The lowest BCUT2D eigenvalue weighted by atomic mass is 10.1. The Morgan fingerprint density at radius 1 is 1.12 bits per heavy atom. The van der Waals surface area contributed by atoms with E-state index in [2.05, 4.69) is 21.2 Å². The van der Waals surface area contributed by atoms with Crippen molar-refractivity contribution in [1.29, 1.82) is 0 Å². The van der Waals surface area contributed by atoms with E-state index < -0.39 is 5.97 Å². The molecule has 0 aliphatic carbocycles. The molecule has 6 heteroatoms. The number of hydrogen-bond donors (Lipinski definition) is 1. The largest absolute Gasteiger partial charge is 0.482 e. The van der Waals surface area contributed by atoms with Crippen LogP contribution in [0.4, 0.5) is 0 Å². The maximum Gasteiger partial charge on any atom is 0.344 e. The van der Waals surface area contributed by atoms with Gasteiger partial charge in [0.05, 0.1) is 6.04 Å². The van der Waals surface area contributed by atoms with Crippen LogP contribution in [0.15, 0.2) is 53.0 Å². The van der Waals surface area contributed by atoms with Crippen LogP contribution in [0.3, 0.4) is 0 Å². The lowest BCUT2D eigenvalue weighted by Gasteiger charge is -2.14. The van der Waals surface area contributed by atoms with Gasteiger partial charge in [-0.2, -0.15) is 0 Å². The molecule has 0 unspecified atom stereocenters. The third kappa shape index (κ3) is 6.58. The molecule has 5 nitrogen and oxygen atoms in total. The van der Waals surface area contributed by atoms with Crippen LogP contribution in [0.25, 0.3) is 0 Å². The molecule has 0 aliphatic rings. The number of benzene rings is 2. The van der Waals surface area contributed by atoms with E-state index in [-0.39, 0.29) is 25.2 Å². The Balaban J connectivity index is 1.71. The van der Waals surface area contributed by atoms with Gasteiger partial charge in [-0.15, -0.1) is 0 Å². The Kier molecular flexibility index (Phi) is 7.01. The van der Waals surface area contributed by atoms with Crippen molar-refractivity contribution in [2.75, 3.05) is 13.2 Å². The zero-order valence-electron chi connectivity index (χ0n) is 14.1. The molecule has 0 bridgehead atoms. The van der Waals surface area contributed by atoms with Crippen molar-refractivity contribution in [3.05, 3.63) is 64.1 Å². The summed E-state index contributed by atoms with van der Waals surface area (Å²) in [6, 6.07) is 14.8. The standard InChI is InChI=1S/C19H20BrNO4/c1-13-4-3-5-17(10-13)24-12-19(23)25-11-18(22)21-14(2)15-6-8-16(20)9-7-15/h3-10,14H,11-12H2,1-2H3,(H,21,22)/t14-/m1/s1. The summed E-state index contributed by atoms with van der Waals surface area (Å²) in [6.07, 6.45) is 0. The molecule has 0 spiro atoms. The first kappa shape index (κ1) is 19.0. The van der Waals surface area contributed by atoms with E-state index in [9.17, 15) is 9.59 Å². The number of rotatable bonds is 7. The van der Waals surface area contributed by atoms with Gasteiger partial charge in [-0.05, 0) is 49.2 Å². The minimum Gasteiger partial charge on any atom is -0.482 e. The topological polar surface area (TPSA) is 64.6 Å². The van der Waals surface area contributed by atoms with Crippen molar-refractivity contribution >= 4 is 27.8 Å². The van der Waals surface area contributed by atoms with Crippen molar-refractivity contribution < 1.29 is 19.1 Å². The van der Waals surface area contributed by atoms with E-state index in [1.54, 1.807) is 6.07 Å². The molecule has 2 aromatic rings. The molecule has 0 saturated heterocycles. The normalized spacial score (nSPS) is 11.5. The summed E-state index contributed by atoms with van der Waals surface area (Å²) < 4.78 is 11.2. The Hall–Kier alpha value is -2.34. The first-order valence-electron chi connectivity index (χ1n) is 7.84. The molecular formula is C19H20BrNO4. The van der Waals surface area contributed by atoms with Gasteiger partial charge in [0.15, 0.2) is 13.2 Å². The minimum atomic E-state index is -0.590. The van der Waals surface area contributed by atoms with Crippen molar-refractivity contribution in [3.63, 3.8) is 0 Å². The predicted molar refractivity (Wildman–Crippen MR) is 98.3 cm³/mol. The number of carbonyl (C=O) groups excluding carboxylic acids is 2. The van der Waals surface area contributed by atoms with Crippen molar-refractivity contribution in [1.82, 2.24) is 5.32 Å². The molecule has 2 rings (SSSR count). The molecular weight excluding hydrogens is 386 g/mol. The SMILES string of the molecule is Cc1cccc(OCC(=O)OCC(=O)N[C@H](C)c2ccc(Br)cc2)c1. The summed E-state index contributed by atoms with van der Waals surface area (Å²) in [5.41, 5.74) is 2.00. The van der Waals surface area contributed by atoms with Crippen LogP contribution >= 0.6 is 15.9 Å². The van der Waals surface area contributed by atoms with Crippen molar-refractivity contribution in [2.24, 2.45) is 0 Å². The van der Waals surface area contributed by atoms with Crippen LogP contribution in [-0.4, -0.2) is 25.1 Å². The molecule has 0 aliphatic heterocycles. The molecule has 1 amide bonds. The predicted octanol–water partition coefficient (Wildman–Crippen LogP) is 3.56. The highest BCUT2D eigenvalue weighted by Crippen LogP contribution is 2.16. The van der Waals surface area contributed by atoms with Crippen LogP contribution in [0.1, 0.15) is 24.1 Å². The van der Waals surface area contributed by atoms with Gasteiger partial charge in [0.1, 0.15) is 5.75 Å². The van der Waals surface area contributed by atoms with E-state index in [1.807, 2.05) is 56.3 Å². The second kappa shape index (κ2) is 9.22. The average Bonchev–Trinajstić information content (AvgIpc) is 2.58. The first-order valence-corrected chi connectivity index (χ1v) is 8.63. The first-order chi connectivity index (χ1) is 11.9. The van der Waals surface area contributed by atoms with Gasteiger partial charge in [-0.25, -0.2) is 4.79 Å². The average molecular weight is 406 g/mol. The van der Waals surface area contributed by atoms with Crippen molar-refractivity contribution in [2.45, 2.75) is 19.9 Å². The number of aryl methyl sites for hydroxylation is 1. The van der Waals surface area contributed by atoms with Crippen LogP contribution in [0.5, 0.6) is 5.75 Å².